The molecule has 4 rings (SSSR count). The molecule has 0 aliphatic carbocycles. The third-order valence-electron chi connectivity index (χ3n) is 4.82. The third-order valence-corrected chi connectivity index (χ3v) is 4.82. The summed E-state index contributed by atoms with van der Waals surface area (Å²) in [4.78, 5) is 12.3. The number of nitrogens with one attached hydrogen (secondary N) is 1. The number of amides is 1. The minimum atomic E-state index is -0.110. The minimum absolute atomic E-state index is 0.0124. The number of nitrogens with zero attached hydrogens (tertiary/aromatic N) is 4. The summed E-state index contributed by atoms with van der Waals surface area (Å²) in [5, 5.41) is 12.2. The van der Waals surface area contributed by atoms with E-state index in [0.717, 1.165) is 28.3 Å². The topological polar surface area (TPSA) is 64.7 Å². The van der Waals surface area contributed by atoms with Gasteiger partial charge >= 0.3 is 0 Å². The van der Waals surface area contributed by atoms with Gasteiger partial charge in [-0.2, -0.15) is 10.2 Å². The zero-order valence-corrected chi connectivity index (χ0v) is 15.5. The van der Waals surface area contributed by atoms with Crippen LogP contribution in [0.25, 0.3) is 5.69 Å². The maximum Gasteiger partial charge on any atom is 0.226 e. The number of para-hydroxylation sites is 1. The number of hydrogen-bond donors (Lipinski definition) is 1. The molecule has 1 amide bonds. The van der Waals surface area contributed by atoms with Gasteiger partial charge in [0, 0.05) is 36.6 Å². The van der Waals surface area contributed by atoms with Crippen LogP contribution in [0, 0.1) is 0 Å². The highest BCUT2D eigenvalue weighted by Crippen LogP contribution is 2.42. The molecule has 1 aliphatic rings. The fourth-order valence-electron chi connectivity index (χ4n) is 3.57. The summed E-state index contributed by atoms with van der Waals surface area (Å²) in [5.74, 6) is 0.765. The number of hydrogen-bond acceptors (Lipinski definition) is 3. The van der Waals surface area contributed by atoms with Crippen molar-refractivity contribution in [1.29, 1.82) is 0 Å². The van der Waals surface area contributed by atoms with Crippen molar-refractivity contribution in [2.75, 3.05) is 5.32 Å². The number of anilines is 1. The smallest absolute Gasteiger partial charge is 0.226 e. The second kappa shape index (κ2) is 5.83. The van der Waals surface area contributed by atoms with Crippen LogP contribution in [-0.2, 0) is 17.3 Å². The summed E-state index contributed by atoms with van der Waals surface area (Å²) in [6.45, 7) is 6.45. The van der Waals surface area contributed by atoms with E-state index in [9.17, 15) is 4.79 Å². The number of fused-ring (bicyclic) bond motifs is 1. The van der Waals surface area contributed by atoms with Crippen LogP contribution < -0.4 is 5.32 Å². The predicted octanol–water partition coefficient (Wildman–Crippen LogP) is 3.38. The van der Waals surface area contributed by atoms with E-state index in [1.54, 1.807) is 4.68 Å². The molecule has 1 aliphatic heterocycles. The van der Waals surface area contributed by atoms with Gasteiger partial charge in [0.25, 0.3) is 0 Å². The molecule has 1 atom stereocenters. The van der Waals surface area contributed by atoms with Crippen LogP contribution >= 0.6 is 0 Å². The van der Waals surface area contributed by atoms with Crippen LogP contribution in [0.5, 0.6) is 0 Å². The number of aromatic nitrogens is 4. The lowest BCUT2D eigenvalue weighted by molar-refractivity contribution is -0.116. The van der Waals surface area contributed by atoms with Crippen LogP contribution in [0.4, 0.5) is 5.82 Å². The Morgan fingerprint density at radius 3 is 2.62 bits per heavy atom. The van der Waals surface area contributed by atoms with E-state index in [1.165, 1.54) is 0 Å². The van der Waals surface area contributed by atoms with Crippen molar-refractivity contribution in [3.8, 4) is 5.69 Å². The largest absolute Gasteiger partial charge is 0.311 e. The molecule has 2 aromatic heterocycles. The highest BCUT2D eigenvalue weighted by Gasteiger charge is 2.36. The molecule has 0 saturated heterocycles. The highest BCUT2D eigenvalue weighted by molar-refractivity contribution is 5.94. The molecule has 26 heavy (non-hydrogen) atoms. The standard InChI is InChI=1S/C20H23N5O/c1-20(2,3)18-17-15(10-16(26)22-19(17)24(4)23-18)13-11-21-25(12-13)14-8-6-5-7-9-14/h5-9,11-12,15H,10H2,1-4H3,(H,22,26). The molecule has 3 heterocycles. The van der Waals surface area contributed by atoms with E-state index in [4.69, 9.17) is 5.10 Å². The molecule has 0 spiro atoms. The quantitative estimate of drug-likeness (QED) is 0.771. The Morgan fingerprint density at radius 2 is 1.92 bits per heavy atom. The first-order chi connectivity index (χ1) is 12.3. The second-order valence-corrected chi connectivity index (χ2v) is 7.84. The van der Waals surface area contributed by atoms with Crippen molar-refractivity contribution in [2.45, 2.75) is 38.5 Å². The van der Waals surface area contributed by atoms with Crippen molar-refractivity contribution in [1.82, 2.24) is 19.6 Å². The molecular formula is C20H23N5O. The Hall–Kier alpha value is -2.89. The Labute approximate surface area is 152 Å². The lowest BCUT2D eigenvalue weighted by Crippen LogP contribution is -2.26. The monoisotopic (exact) mass is 349 g/mol. The lowest BCUT2D eigenvalue weighted by atomic mass is 9.80. The van der Waals surface area contributed by atoms with E-state index >= 15 is 0 Å². The zero-order chi connectivity index (χ0) is 18.5. The van der Waals surface area contributed by atoms with Crippen molar-refractivity contribution in [3.05, 3.63) is 59.5 Å². The van der Waals surface area contributed by atoms with E-state index in [1.807, 2.05) is 54.5 Å². The van der Waals surface area contributed by atoms with E-state index in [2.05, 4.69) is 31.2 Å². The van der Waals surface area contributed by atoms with Crippen LogP contribution in [0.3, 0.4) is 0 Å². The first-order valence-electron chi connectivity index (χ1n) is 8.82. The molecule has 1 N–H and O–H groups in total. The third kappa shape index (κ3) is 2.71. The summed E-state index contributed by atoms with van der Waals surface area (Å²) in [6, 6.07) is 9.99. The average molecular weight is 349 g/mol. The van der Waals surface area contributed by atoms with Gasteiger partial charge in [0.05, 0.1) is 17.6 Å². The second-order valence-electron chi connectivity index (χ2n) is 7.84. The molecule has 0 saturated carbocycles. The molecule has 0 radical (unpaired) electrons. The van der Waals surface area contributed by atoms with Crippen LogP contribution in [0.15, 0.2) is 42.7 Å². The Morgan fingerprint density at radius 1 is 1.19 bits per heavy atom. The van der Waals surface area contributed by atoms with E-state index < -0.39 is 0 Å². The van der Waals surface area contributed by atoms with Gasteiger partial charge in [0.1, 0.15) is 5.82 Å². The lowest BCUT2D eigenvalue weighted by Gasteiger charge is -2.26. The highest BCUT2D eigenvalue weighted by atomic mass is 16.1. The van der Waals surface area contributed by atoms with Crippen LogP contribution in [-0.4, -0.2) is 25.5 Å². The summed E-state index contributed by atoms with van der Waals surface area (Å²) in [7, 11) is 1.88. The number of benzene rings is 1. The Bertz CT molecular complexity index is 962. The number of carbonyl (C=O) groups excluding carboxylic acids is 1. The van der Waals surface area contributed by atoms with E-state index in [-0.39, 0.29) is 17.2 Å². The van der Waals surface area contributed by atoms with Gasteiger partial charge in [0.15, 0.2) is 0 Å². The van der Waals surface area contributed by atoms with Crippen LogP contribution in [0.2, 0.25) is 0 Å². The van der Waals surface area contributed by atoms with Crippen molar-refractivity contribution < 1.29 is 4.79 Å². The van der Waals surface area contributed by atoms with Gasteiger partial charge in [-0.15, -0.1) is 0 Å². The summed E-state index contributed by atoms with van der Waals surface area (Å²) < 4.78 is 3.64. The molecule has 6 nitrogen and oxygen atoms in total. The molecule has 6 heteroatoms. The molecule has 0 bridgehead atoms. The fourth-order valence-corrected chi connectivity index (χ4v) is 3.57. The van der Waals surface area contributed by atoms with E-state index in [0.29, 0.717) is 6.42 Å². The Balaban J connectivity index is 1.82. The van der Waals surface area contributed by atoms with Gasteiger partial charge in [-0.3, -0.25) is 9.48 Å². The predicted molar refractivity (Wildman–Crippen MR) is 101 cm³/mol. The molecule has 134 valence electrons. The van der Waals surface area contributed by atoms with Crippen molar-refractivity contribution >= 4 is 11.7 Å². The minimum Gasteiger partial charge on any atom is -0.311 e. The number of carbonyl (C=O) groups is 1. The maximum absolute atomic E-state index is 12.3. The number of rotatable bonds is 2. The Kier molecular flexibility index (Phi) is 3.72. The molecule has 0 fully saturated rings. The van der Waals surface area contributed by atoms with Gasteiger partial charge in [-0.1, -0.05) is 39.0 Å². The summed E-state index contributed by atoms with van der Waals surface area (Å²) >= 11 is 0. The fraction of sp³-hybridized carbons (Fsp3) is 0.350. The van der Waals surface area contributed by atoms with Gasteiger partial charge in [-0.25, -0.2) is 4.68 Å². The normalized spacial score (nSPS) is 17.1. The summed E-state index contributed by atoms with van der Waals surface area (Å²) in [5.41, 5.74) is 4.05. The van der Waals surface area contributed by atoms with Crippen LogP contribution in [0.1, 0.15) is 49.9 Å². The molecule has 1 aromatic carbocycles. The van der Waals surface area contributed by atoms with Crippen molar-refractivity contribution in [2.24, 2.45) is 7.05 Å². The van der Waals surface area contributed by atoms with Crippen molar-refractivity contribution in [3.63, 3.8) is 0 Å². The van der Waals surface area contributed by atoms with Gasteiger partial charge in [0.2, 0.25) is 5.91 Å². The number of aryl methyl sites for hydroxylation is 1. The zero-order valence-electron chi connectivity index (χ0n) is 15.5. The first-order valence-corrected chi connectivity index (χ1v) is 8.82. The summed E-state index contributed by atoms with van der Waals surface area (Å²) in [6.07, 6.45) is 4.28. The molecular weight excluding hydrogens is 326 g/mol. The SMILES string of the molecule is Cn1nc(C(C)(C)C)c2c1NC(=O)CC2c1cnn(-c2ccccc2)c1. The van der Waals surface area contributed by atoms with Gasteiger partial charge in [-0.05, 0) is 17.7 Å². The molecule has 3 aromatic rings. The molecule has 1 unspecified atom stereocenters. The van der Waals surface area contributed by atoms with Gasteiger partial charge < -0.3 is 5.32 Å². The average Bonchev–Trinajstić information content (AvgIpc) is 3.20. The maximum atomic E-state index is 12.3. The first kappa shape index (κ1) is 16.6.